The van der Waals surface area contributed by atoms with E-state index in [-0.39, 0.29) is 17.6 Å². The number of piperidine rings is 1. The van der Waals surface area contributed by atoms with Crippen LogP contribution in [0.25, 0.3) is 0 Å². The van der Waals surface area contributed by atoms with Gasteiger partial charge in [0.15, 0.2) is 5.78 Å². The SMILES string of the molecule is Cc1cc(C)c2c(c1)OC1(CCN(C(=O)C(C)C)CC1)CC2=O. The Morgan fingerprint density at radius 3 is 2.48 bits per heavy atom. The third-order valence-corrected chi connectivity index (χ3v) is 5.01. The van der Waals surface area contributed by atoms with Gasteiger partial charge in [-0.1, -0.05) is 19.9 Å². The van der Waals surface area contributed by atoms with Crippen LogP contribution in [0, 0.1) is 19.8 Å². The van der Waals surface area contributed by atoms with Crippen molar-refractivity contribution >= 4 is 11.7 Å². The molecular formula is C19H25NO3. The zero-order valence-electron chi connectivity index (χ0n) is 14.4. The van der Waals surface area contributed by atoms with Gasteiger partial charge < -0.3 is 9.64 Å². The Balaban J connectivity index is 1.81. The molecule has 0 bridgehead atoms. The number of rotatable bonds is 1. The number of amides is 1. The zero-order chi connectivity index (χ0) is 16.8. The molecule has 0 aromatic heterocycles. The molecule has 0 radical (unpaired) electrons. The molecule has 0 saturated carbocycles. The molecule has 1 amide bonds. The van der Waals surface area contributed by atoms with Gasteiger partial charge in [0.1, 0.15) is 11.4 Å². The maximum Gasteiger partial charge on any atom is 0.225 e. The highest BCUT2D eigenvalue weighted by Crippen LogP contribution is 2.41. The van der Waals surface area contributed by atoms with Crippen molar-refractivity contribution in [2.45, 2.75) is 52.6 Å². The summed E-state index contributed by atoms with van der Waals surface area (Å²) in [6.07, 6.45) is 1.88. The lowest BCUT2D eigenvalue weighted by atomic mass is 9.81. The number of aryl methyl sites for hydroxylation is 2. The molecule has 4 heteroatoms. The number of fused-ring (bicyclic) bond motifs is 1. The molecule has 2 aliphatic heterocycles. The quantitative estimate of drug-likeness (QED) is 0.799. The van der Waals surface area contributed by atoms with Gasteiger partial charge in [0, 0.05) is 31.8 Å². The van der Waals surface area contributed by atoms with Crippen LogP contribution in [0.5, 0.6) is 5.75 Å². The first-order valence-corrected chi connectivity index (χ1v) is 8.43. The van der Waals surface area contributed by atoms with E-state index in [0.29, 0.717) is 19.5 Å². The molecule has 1 fully saturated rings. The second-order valence-corrected chi connectivity index (χ2v) is 7.32. The van der Waals surface area contributed by atoms with Gasteiger partial charge in [0.05, 0.1) is 12.0 Å². The van der Waals surface area contributed by atoms with Gasteiger partial charge in [-0.3, -0.25) is 9.59 Å². The molecular weight excluding hydrogens is 290 g/mol. The molecule has 0 unspecified atom stereocenters. The van der Waals surface area contributed by atoms with Gasteiger partial charge in [-0.15, -0.1) is 0 Å². The Morgan fingerprint density at radius 1 is 1.22 bits per heavy atom. The van der Waals surface area contributed by atoms with E-state index in [1.165, 1.54) is 0 Å². The van der Waals surface area contributed by atoms with Gasteiger partial charge in [0.2, 0.25) is 5.91 Å². The molecule has 1 spiro atoms. The van der Waals surface area contributed by atoms with Crippen LogP contribution >= 0.6 is 0 Å². The van der Waals surface area contributed by atoms with Crippen LogP contribution < -0.4 is 4.74 Å². The fourth-order valence-corrected chi connectivity index (χ4v) is 3.80. The fourth-order valence-electron chi connectivity index (χ4n) is 3.80. The van der Waals surface area contributed by atoms with Crippen molar-refractivity contribution in [3.63, 3.8) is 0 Å². The zero-order valence-corrected chi connectivity index (χ0v) is 14.4. The number of hydrogen-bond donors (Lipinski definition) is 0. The van der Waals surface area contributed by atoms with E-state index in [2.05, 4.69) is 0 Å². The van der Waals surface area contributed by atoms with E-state index in [4.69, 9.17) is 4.74 Å². The summed E-state index contributed by atoms with van der Waals surface area (Å²) in [5, 5.41) is 0. The first-order valence-electron chi connectivity index (χ1n) is 8.43. The average Bonchev–Trinajstić information content (AvgIpc) is 2.45. The average molecular weight is 315 g/mol. The number of carbonyl (C=O) groups excluding carboxylic acids is 2. The summed E-state index contributed by atoms with van der Waals surface area (Å²) in [5.41, 5.74) is 2.41. The highest BCUT2D eigenvalue weighted by Gasteiger charge is 2.44. The van der Waals surface area contributed by atoms with Crippen molar-refractivity contribution in [2.24, 2.45) is 5.92 Å². The van der Waals surface area contributed by atoms with Crippen molar-refractivity contribution < 1.29 is 14.3 Å². The van der Waals surface area contributed by atoms with Gasteiger partial charge in [0.25, 0.3) is 0 Å². The van der Waals surface area contributed by atoms with Gasteiger partial charge in [-0.05, 0) is 31.0 Å². The van der Waals surface area contributed by atoms with Crippen LogP contribution in [0.15, 0.2) is 12.1 Å². The predicted octanol–water partition coefficient (Wildman–Crippen LogP) is 3.29. The lowest BCUT2D eigenvalue weighted by Crippen LogP contribution is -2.53. The molecule has 124 valence electrons. The Kier molecular flexibility index (Phi) is 3.95. The molecule has 3 rings (SSSR count). The van der Waals surface area contributed by atoms with E-state index in [9.17, 15) is 9.59 Å². The van der Waals surface area contributed by atoms with E-state index in [1.807, 2.05) is 44.7 Å². The lowest BCUT2D eigenvalue weighted by molar-refractivity contribution is -0.138. The van der Waals surface area contributed by atoms with Crippen LogP contribution in [0.1, 0.15) is 54.6 Å². The second-order valence-electron chi connectivity index (χ2n) is 7.32. The maximum atomic E-state index is 12.7. The summed E-state index contributed by atoms with van der Waals surface area (Å²) in [5.74, 6) is 1.10. The minimum Gasteiger partial charge on any atom is -0.486 e. The monoisotopic (exact) mass is 315 g/mol. The summed E-state index contributed by atoms with van der Waals surface area (Å²) in [7, 11) is 0. The van der Waals surface area contributed by atoms with Crippen molar-refractivity contribution in [3.8, 4) is 5.75 Å². The van der Waals surface area contributed by atoms with Crippen LogP contribution in [-0.2, 0) is 4.79 Å². The largest absolute Gasteiger partial charge is 0.486 e. The Hall–Kier alpha value is -1.84. The Morgan fingerprint density at radius 2 is 1.87 bits per heavy atom. The topological polar surface area (TPSA) is 46.6 Å². The lowest BCUT2D eigenvalue weighted by Gasteiger charge is -2.44. The number of benzene rings is 1. The molecule has 1 aromatic rings. The highest BCUT2D eigenvalue weighted by molar-refractivity contribution is 6.01. The predicted molar refractivity (Wildman–Crippen MR) is 88.9 cm³/mol. The number of ether oxygens (including phenoxy) is 1. The Bertz CT molecular complexity index is 655. The van der Waals surface area contributed by atoms with Crippen LogP contribution in [-0.4, -0.2) is 35.3 Å². The first-order chi connectivity index (χ1) is 10.8. The molecule has 1 aromatic carbocycles. The van der Waals surface area contributed by atoms with Gasteiger partial charge in [-0.2, -0.15) is 0 Å². The number of nitrogens with zero attached hydrogens (tertiary/aromatic N) is 1. The van der Waals surface area contributed by atoms with Crippen LogP contribution in [0.4, 0.5) is 0 Å². The summed E-state index contributed by atoms with van der Waals surface area (Å²) in [4.78, 5) is 26.7. The number of likely N-dealkylation sites (tertiary alicyclic amines) is 1. The highest BCUT2D eigenvalue weighted by atomic mass is 16.5. The van der Waals surface area contributed by atoms with Crippen LogP contribution in [0.2, 0.25) is 0 Å². The van der Waals surface area contributed by atoms with E-state index in [1.54, 1.807) is 0 Å². The van der Waals surface area contributed by atoms with Crippen molar-refractivity contribution in [2.75, 3.05) is 13.1 Å². The fraction of sp³-hybridized carbons (Fsp3) is 0.579. The summed E-state index contributed by atoms with van der Waals surface area (Å²) >= 11 is 0. The number of ketones is 1. The summed E-state index contributed by atoms with van der Waals surface area (Å²) in [6.45, 7) is 9.18. The first kappa shape index (κ1) is 16.0. The molecule has 2 heterocycles. The van der Waals surface area contributed by atoms with Gasteiger partial charge in [-0.25, -0.2) is 0 Å². The van der Waals surface area contributed by atoms with E-state index in [0.717, 1.165) is 35.3 Å². The molecule has 23 heavy (non-hydrogen) atoms. The normalized spacial score (nSPS) is 19.7. The molecule has 0 aliphatic carbocycles. The maximum absolute atomic E-state index is 12.7. The summed E-state index contributed by atoms with van der Waals surface area (Å²) < 4.78 is 6.32. The number of carbonyl (C=O) groups is 2. The molecule has 4 nitrogen and oxygen atoms in total. The molecule has 0 atom stereocenters. The van der Waals surface area contributed by atoms with Crippen LogP contribution in [0.3, 0.4) is 0 Å². The van der Waals surface area contributed by atoms with Gasteiger partial charge >= 0.3 is 0 Å². The van der Waals surface area contributed by atoms with Crippen molar-refractivity contribution in [1.82, 2.24) is 4.90 Å². The Labute approximate surface area is 137 Å². The number of hydrogen-bond acceptors (Lipinski definition) is 3. The minimum absolute atomic E-state index is 0.0176. The second kappa shape index (κ2) is 5.66. The third-order valence-electron chi connectivity index (χ3n) is 5.01. The third kappa shape index (κ3) is 2.87. The van der Waals surface area contributed by atoms with Crippen molar-refractivity contribution in [1.29, 1.82) is 0 Å². The summed E-state index contributed by atoms with van der Waals surface area (Å²) in [6, 6.07) is 3.99. The molecule has 0 N–H and O–H groups in total. The van der Waals surface area contributed by atoms with E-state index < -0.39 is 5.60 Å². The minimum atomic E-state index is -0.432. The standard InChI is InChI=1S/C19H25NO3/c1-12(2)18(22)20-7-5-19(6-8-20)11-15(21)17-14(4)9-13(3)10-16(17)23-19/h9-10,12H,5-8,11H2,1-4H3. The number of Topliss-reactive ketones (excluding diaryl/α,β-unsaturated/α-hetero) is 1. The smallest absolute Gasteiger partial charge is 0.225 e. The van der Waals surface area contributed by atoms with E-state index >= 15 is 0 Å². The molecule has 1 saturated heterocycles. The van der Waals surface area contributed by atoms with Crippen molar-refractivity contribution in [3.05, 3.63) is 28.8 Å². The molecule has 2 aliphatic rings.